The number of ether oxygens (including phenoxy) is 1. The van der Waals surface area contributed by atoms with Gasteiger partial charge < -0.3 is 4.74 Å². The zero-order valence-corrected chi connectivity index (χ0v) is 13.0. The van der Waals surface area contributed by atoms with Crippen LogP contribution in [0.25, 0.3) is 0 Å². The van der Waals surface area contributed by atoms with Crippen LogP contribution in [0.3, 0.4) is 0 Å². The molecule has 0 amide bonds. The Morgan fingerprint density at radius 2 is 1.80 bits per heavy atom. The largest absolute Gasteiger partial charge is 0.465 e. The van der Waals surface area contributed by atoms with Gasteiger partial charge in [0.05, 0.1) is 6.61 Å². The summed E-state index contributed by atoms with van der Waals surface area (Å²) >= 11 is 0. The van der Waals surface area contributed by atoms with Crippen molar-refractivity contribution in [3.63, 3.8) is 0 Å². The summed E-state index contributed by atoms with van der Waals surface area (Å²) in [5.74, 6) is 2.08. The monoisotopic (exact) mass is 278 g/mol. The number of carbonyl (C=O) groups excluding carboxylic acids is 1. The van der Waals surface area contributed by atoms with Crippen LogP contribution < -0.4 is 0 Å². The second kappa shape index (κ2) is 8.49. The molecule has 3 atom stereocenters. The van der Waals surface area contributed by atoms with Gasteiger partial charge in [-0.15, -0.1) is 0 Å². The van der Waals surface area contributed by atoms with Gasteiger partial charge in [-0.25, -0.2) is 0 Å². The zero-order chi connectivity index (χ0) is 14.2. The van der Waals surface area contributed by atoms with Crippen molar-refractivity contribution in [1.82, 2.24) is 0 Å². The van der Waals surface area contributed by atoms with Crippen LogP contribution in [-0.2, 0) is 9.53 Å². The molecule has 0 aliphatic heterocycles. The van der Waals surface area contributed by atoms with E-state index < -0.39 is 0 Å². The van der Waals surface area contributed by atoms with E-state index in [-0.39, 0.29) is 5.97 Å². The summed E-state index contributed by atoms with van der Waals surface area (Å²) in [7, 11) is 0. The summed E-state index contributed by atoms with van der Waals surface area (Å²) in [5.41, 5.74) is 0. The fourth-order valence-electron chi connectivity index (χ4n) is 3.58. The molecular weight excluding hydrogens is 248 g/mol. The number of rotatable bonds is 10. The van der Waals surface area contributed by atoms with E-state index in [4.69, 9.17) is 4.74 Å². The first-order valence-corrected chi connectivity index (χ1v) is 8.63. The molecule has 0 N–H and O–H groups in total. The molecule has 1 saturated carbocycles. The molecule has 0 aromatic heterocycles. The van der Waals surface area contributed by atoms with Crippen molar-refractivity contribution in [2.24, 2.45) is 17.8 Å². The molecule has 2 bridgehead atoms. The molecule has 0 spiro atoms. The van der Waals surface area contributed by atoms with Gasteiger partial charge in [0.2, 0.25) is 0 Å². The van der Waals surface area contributed by atoms with E-state index in [2.05, 4.69) is 19.1 Å². The lowest BCUT2D eigenvalue weighted by molar-refractivity contribution is -0.145. The smallest absolute Gasteiger partial charge is 0.305 e. The van der Waals surface area contributed by atoms with Crippen molar-refractivity contribution in [3.8, 4) is 0 Å². The third-order valence-electron chi connectivity index (χ3n) is 4.86. The Labute approximate surface area is 124 Å². The highest BCUT2D eigenvalue weighted by molar-refractivity contribution is 5.69. The van der Waals surface area contributed by atoms with Crippen molar-refractivity contribution in [3.05, 3.63) is 12.2 Å². The first kappa shape index (κ1) is 15.6. The highest BCUT2D eigenvalue weighted by Gasteiger charge is 2.36. The SMILES string of the molecule is CCCCCCCCCC(=O)OC[C@H]1C[C@H]2C=C[C@@H]1C2. The number of esters is 1. The van der Waals surface area contributed by atoms with Gasteiger partial charge >= 0.3 is 5.97 Å². The van der Waals surface area contributed by atoms with Crippen molar-refractivity contribution >= 4 is 5.97 Å². The number of fused-ring (bicyclic) bond motifs is 2. The van der Waals surface area contributed by atoms with E-state index in [0.717, 1.165) is 12.3 Å². The summed E-state index contributed by atoms with van der Waals surface area (Å²) < 4.78 is 5.45. The van der Waals surface area contributed by atoms with Gasteiger partial charge in [0.1, 0.15) is 0 Å². The van der Waals surface area contributed by atoms with Gasteiger partial charge in [-0.2, -0.15) is 0 Å². The van der Waals surface area contributed by atoms with Gasteiger partial charge in [-0.1, -0.05) is 57.6 Å². The maximum atomic E-state index is 11.7. The molecule has 2 aliphatic carbocycles. The molecule has 2 heteroatoms. The summed E-state index contributed by atoms with van der Waals surface area (Å²) in [6.07, 6.45) is 16.5. The highest BCUT2D eigenvalue weighted by Crippen LogP contribution is 2.43. The Bertz CT molecular complexity index is 321. The van der Waals surface area contributed by atoms with E-state index in [1.165, 1.54) is 51.4 Å². The molecule has 20 heavy (non-hydrogen) atoms. The molecule has 0 radical (unpaired) electrons. The fraction of sp³-hybridized carbons (Fsp3) is 0.833. The molecule has 2 nitrogen and oxygen atoms in total. The average Bonchev–Trinajstić information content (AvgIpc) is 3.06. The van der Waals surface area contributed by atoms with Crippen molar-refractivity contribution < 1.29 is 9.53 Å². The van der Waals surface area contributed by atoms with Gasteiger partial charge in [0.25, 0.3) is 0 Å². The van der Waals surface area contributed by atoms with Crippen LogP contribution in [0, 0.1) is 17.8 Å². The van der Waals surface area contributed by atoms with Gasteiger partial charge in [0.15, 0.2) is 0 Å². The molecule has 0 aromatic carbocycles. The summed E-state index contributed by atoms with van der Waals surface area (Å²) in [5, 5.41) is 0. The second-order valence-electron chi connectivity index (χ2n) is 6.59. The minimum absolute atomic E-state index is 0.0188. The first-order valence-electron chi connectivity index (χ1n) is 8.63. The van der Waals surface area contributed by atoms with Crippen LogP contribution in [-0.4, -0.2) is 12.6 Å². The van der Waals surface area contributed by atoms with Gasteiger partial charge in [-0.3, -0.25) is 4.79 Å². The van der Waals surface area contributed by atoms with Crippen LogP contribution in [0.4, 0.5) is 0 Å². The Balaban J connectivity index is 1.44. The van der Waals surface area contributed by atoms with Gasteiger partial charge in [0, 0.05) is 6.42 Å². The summed E-state index contributed by atoms with van der Waals surface area (Å²) in [6.45, 7) is 2.89. The van der Waals surface area contributed by atoms with E-state index in [1.807, 2.05) is 0 Å². The minimum Gasteiger partial charge on any atom is -0.465 e. The van der Waals surface area contributed by atoms with Crippen LogP contribution in [0.2, 0.25) is 0 Å². The van der Waals surface area contributed by atoms with Crippen LogP contribution in [0.15, 0.2) is 12.2 Å². The lowest BCUT2D eigenvalue weighted by Crippen LogP contribution is -2.17. The van der Waals surface area contributed by atoms with Crippen molar-refractivity contribution in [2.45, 2.75) is 71.1 Å². The number of unbranched alkanes of at least 4 members (excludes halogenated alkanes) is 6. The lowest BCUT2D eigenvalue weighted by Gasteiger charge is -2.17. The quantitative estimate of drug-likeness (QED) is 0.323. The van der Waals surface area contributed by atoms with E-state index in [0.29, 0.717) is 24.9 Å². The normalized spacial score (nSPS) is 27.1. The number of hydrogen-bond donors (Lipinski definition) is 0. The highest BCUT2D eigenvalue weighted by atomic mass is 16.5. The zero-order valence-electron chi connectivity index (χ0n) is 13.0. The Kier molecular flexibility index (Phi) is 6.62. The number of allylic oxidation sites excluding steroid dienone is 2. The predicted molar refractivity (Wildman–Crippen MR) is 82.4 cm³/mol. The van der Waals surface area contributed by atoms with E-state index in [1.54, 1.807) is 0 Å². The Morgan fingerprint density at radius 3 is 2.45 bits per heavy atom. The lowest BCUT2D eigenvalue weighted by atomic mass is 9.95. The van der Waals surface area contributed by atoms with Crippen LogP contribution in [0.1, 0.15) is 71.1 Å². The molecule has 0 aromatic rings. The standard InChI is InChI=1S/C18H30O2/c1-2-3-4-5-6-7-8-9-18(19)20-14-17-13-15-10-11-16(17)12-15/h10-11,15-17H,2-9,12-14H2,1H3/t15-,16+,17+/m0/s1. The van der Waals surface area contributed by atoms with Crippen LogP contribution in [0.5, 0.6) is 0 Å². The fourth-order valence-corrected chi connectivity index (χ4v) is 3.58. The maximum Gasteiger partial charge on any atom is 0.305 e. The second-order valence-corrected chi connectivity index (χ2v) is 6.59. The summed E-state index contributed by atoms with van der Waals surface area (Å²) in [4.78, 5) is 11.7. The third-order valence-corrected chi connectivity index (χ3v) is 4.86. The Hall–Kier alpha value is -0.790. The summed E-state index contributed by atoms with van der Waals surface area (Å²) in [6, 6.07) is 0. The molecule has 0 heterocycles. The Morgan fingerprint density at radius 1 is 1.05 bits per heavy atom. The topological polar surface area (TPSA) is 26.3 Å². The van der Waals surface area contributed by atoms with Crippen molar-refractivity contribution in [2.75, 3.05) is 6.61 Å². The minimum atomic E-state index is 0.0188. The first-order chi connectivity index (χ1) is 9.79. The van der Waals surface area contributed by atoms with E-state index in [9.17, 15) is 4.79 Å². The third kappa shape index (κ3) is 4.96. The molecular formula is C18H30O2. The van der Waals surface area contributed by atoms with Crippen molar-refractivity contribution in [1.29, 1.82) is 0 Å². The molecule has 0 unspecified atom stereocenters. The van der Waals surface area contributed by atoms with E-state index >= 15 is 0 Å². The number of hydrogen-bond acceptors (Lipinski definition) is 2. The predicted octanol–water partition coefficient (Wildman–Crippen LogP) is 4.88. The number of carbonyl (C=O) groups is 1. The molecule has 2 rings (SSSR count). The molecule has 1 fully saturated rings. The maximum absolute atomic E-state index is 11.7. The van der Waals surface area contributed by atoms with Gasteiger partial charge in [-0.05, 0) is 37.0 Å². The molecule has 2 aliphatic rings. The molecule has 0 saturated heterocycles. The molecule has 114 valence electrons. The average molecular weight is 278 g/mol. The van der Waals surface area contributed by atoms with Crippen LogP contribution >= 0.6 is 0 Å².